The summed E-state index contributed by atoms with van der Waals surface area (Å²) in [6.07, 6.45) is 4.31. The van der Waals surface area contributed by atoms with Crippen molar-refractivity contribution in [1.29, 1.82) is 0 Å². The van der Waals surface area contributed by atoms with Crippen molar-refractivity contribution < 1.29 is 9.84 Å². The molecule has 0 radical (unpaired) electrons. The number of ether oxygens (including phenoxy) is 1. The predicted molar refractivity (Wildman–Crippen MR) is 74.9 cm³/mol. The number of aliphatic hydroxyl groups excluding tert-OH is 1. The van der Waals surface area contributed by atoms with Crippen molar-refractivity contribution in [3.63, 3.8) is 0 Å². The minimum atomic E-state index is -0.0672. The zero-order valence-corrected chi connectivity index (χ0v) is 12.1. The Morgan fingerprint density at radius 3 is 2.56 bits per heavy atom. The molecule has 0 bridgehead atoms. The highest BCUT2D eigenvalue weighted by molar-refractivity contribution is 4.86. The number of rotatable bonds is 9. The highest BCUT2D eigenvalue weighted by Gasteiger charge is 2.26. The molecule has 0 amide bonds. The van der Waals surface area contributed by atoms with E-state index >= 15 is 0 Å². The van der Waals surface area contributed by atoms with Gasteiger partial charge in [-0.15, -0.1) is 0 Å². The normalized spacial score (nSPS) is 20.8. The zero-order chi connectivity index (χ0) is 13.3. The van der Waals surface area contributed by atoms with E-state index in [9.17, 15) is 5.11 Å². The van der Waals surface area contributed by atoms with Gasteiger partial charge < -0.3 is 15.2 Å². The van der Waals surface area contributed by atoms with Crippen molar-refractivity contribution in [2.75, 3.05) is 46.0 Å². The molecule has 0 aliphatic carbocycles. The molecule has 1 aliphatic rings. The van der Waals surface area contributed by atoms with E-state index in [1.165, 1.54) is 0 Å². The van der Waals surface area contributed by atoms with Gasteiger partial charge in [-0.2, -0.15) is 0 Å². The Kier molecular flexibility index (Phi) is 7.82. The second-order valence-corrected chi connectivity index (χ2v) is 5.28. The maximum Gasteiger partial charge on any atom is 0.0613 e. The van der Waals surface area contributed by atoms with Crippen LogP contribution in [0.25, 0.3) is 0 Å². The van der Waals surface area contributed by atoms with Crippen LogP contribution in [0.1, 0.15) is 39.5 Å². The molecule has 1 aliphatic heterocycles. The molecule has 0 aromatic rings. The van der Waals surface area contributed by atoms with E-state index in [0.29, 0.717) is 0 Å². The monoisotopic (exact) mass is 258 g/mol. The van der Waals surface area contributed by atoms with Gasteiger partial charge in [-0.25, -0.2) is 0 Å². The molecule has 2 N–H and O–H groups in total. The van der Waals surface area contributed by atoms with Crippen LogP contribution in [0.5, 0.6) is 0 Å². The molecule has 4 heteroatoms. The van der Waals surface area contributed by atoms with E-state index in [1.54, 1.807) is 0 Å². The molecule has 0 aromatic carbocycles. The lowest BCUT2D eigenvalue weighted by Crippen LogP contribution is -2.49. The number of nitrogens with zero attached hydrogens (tertiary/aromatic N) is 1. The molecule has 1 rings (SSSR count). The van der Waals surface area contributed by atoms with Gasteiger partial charge in [0.1, 0.15) is 0 Å². The molecule has 1 saturated heterocycles. The molecule has 108 valence electrons. The minimum absolute atomic E-state index is 0.0672. The fraction of sp³-hybridized carbons (Fsp3) is 1.00. The lowest BCUT2D eigenvalue weighted by Gasteiger charge is -2.34. The third-order valence-corrected chi connectivity index (χ3v) is 3.96. The molecule has 1 unspecified atom stereocenters. The zero-order valence-electron chi connectivity index (χ0n) is 12.1. The maximum absolute atomic E-state index is 9.64. The van der Waals surface area contributed by atoms with Crippen LogP contribution >= 0.6 is 0 Å². The van der Waals surface area contributed by atoms with Crippen LogP contribution in [0, 0.1) is 0 Å². The summed E-state index contributed by atoms with van der Waals surface area (Å²) < 4.78 is 5.35. The lowest BCUT2D eigenvalue weighted by molar-refractivity contribution is 0.0350. The fourth-order valence-corrected chi connectivity index (χ4v) is 2.49. The van der Waals surface area contributed by atoms with E-state index in [2.05, 4.69) is 24.1 Å². The Morgan fingerprint density at radius 2 is 2.00 bits per heavy atom. The molecule has 1 fully saturated rings. The third-order valence-electron chi connectivity index (χ3n) is 3.96. The number of hydrogen-bond acceptors (Lipinski definition) is 4. The summed E-state index contributed by atoms with van der Waals surface area (Å²) in [5.41, 5.74) is -0.0672. The Hall–Kier alpha value is -0.160. The van der Waals surface area contributed by atoms with Crippen molar-refractivity contribution in [1.82, 2.24) is 10.2 Å². The summed E-state index contributed by atoms with van der Waals surface area (Å²) in [5, 5.41) is 13.2. The van der Waals surface area contributed by atoms with Crippen molar-refractivity contribution in [3.05, 3.63) is 0 Å². The number of hydrogen-bond donors (Lipinski definition) is 2. The molecule has 4 nitrogen and oxygen atoms in total. The summed E-state index contributed by atoms with van der Waals surface area (Å²) in [6, 6.07) is 0. The third kappa shape index (κ3) is 5.22. The van der Waals surface area contributed by atoms with Gasteiger partial charge in [-0.3, -0.25) is 4.90 Å². The first kappa shape index (κ1) is 15.9. The Bertz CT molecular complexity index is 202. The van der Waals surface area contributed by atoms with Gasteiger partial charge in [0.05, 0.1) is 19.8 Å². The van der Waals surface area contributed by atoms with E-state index < -0.39 is 0 Å². The minimum Gasteiger partial charge on any atom is -0.394 e. The first-order chi connectivity index (χ1) is 8.76. The largest absolute Gasteiger partial charge is 0.394 e. The first-order valence-corrected chi connectivity index (χ1v) is 7.42. The van der Waals surface area contributed by atoms with Gasteiger partial charge in [0, 0.05) is 18.6 Å². The molecular weight excluding hydrogens is 228 g/mol. The highest BCUT2D eigenvalue weighted by Crippen LogP contribution is 2.17. The van der Waals surface area contributed by atoms with Gasteiger partial charge >= 0.3 is 0 Å². The van der Waals surface area contributed by atoms with E-state index in [4.69, 9.17) is 4.74 Å². The molecule has 1 heterocycles. The second kappa shape index (κ2) is 8.86. The first-order valence-electron chi connectivity index (χ1n) is 7.42. The summed E-state index contributed by atoms with van der Waals surface area (Å²) in [4.78, 5) is 2.46. The lowest BCUT2D eigenvalue weighted by atomic mass is 9.91. The average molecular weight is 258 g/mol. The number of aliphatic hydroxyl groups is 1. The molecule has 18 heavy (non-hydrogen) atoms. The standard InChI is InChI=1S/C14H30N2O2/c1-3-7-15-14(4-2,13-17)6-5-8-16-9-11-18-12-10-16/h15,17H,3-13H2,1-2H3. The van der Waals surface area contributed by atoms with Crippen LogP contribution in [0.2, 0.25) is 0 Å². The van der Waals surface area contributed by atoms with E-state index in [-0.39, 0.29) is 12.1 Å². The Balaban J connectivity index is 2.27. The van der Waals surface area contributed by atoms with E-state index in [0.717, 1.165) is 65.1 Å². The van der Waals surface area contributed by atoms with Crippen LogP contribution in [0.4, 0.5) is 0 Å². The van der Waals surface area contributed by atoms with Gasteiger partial charge in [-0.05, 0) is 38.8 Å². The van der Waals surface area contributed by atoms with Crippen LogP contribution in [0.3, 0.4) is 0 Å². The smallest absolute Gasteiger partial charge is 0.0613 e. The average Bonchev–Trinajstić information content (AvgIpc) is 2.44. The Labute approximate surface area is 112 Å². The highest BCUT2D eigenvalue weighted by atomic mass is 16.5. The predicted octanol–water partition coefficient (Wildman–Crippen LogP) is 1.24. The van der Waals surface area contributed by atoms with Crippen LogP contribution in [-0.2, 0) is 4.74 Å². The molecule has 0 spiro atoms. The molecular formula is C14H30N2O2. The number of nitrogens with one attached hydrogen (secondary N) is 1. The summed E-state index contributed by atoms with van der Waals surface area (Å²) in [6.45, 7) is 10.5. The van der Waals surface area contributed by atoms with Crippen molar-refractivity contribution >= 4 is 0 Å². The van der Waals surface area contributed by atoms with E-state index in [1.807, 2.05) is 0 Å². The van der Waals surface area contributed by atoms with Gasteiger partial charge in [0.2, 0.25) is 0 Å². The van der Waals surface area contributed by atoms with Crippen molar-refractivity contribution in [3.8, 4) is 0 Å². The van der Waals surface area contributed by atoms with Crippen molar-refractivity contribution in [2.24, 2.45) is 0 Å². The SMILES string of the molecule is CCCNC(CC)(CO)CCCN1CCOCC1. The summed E-state index contributed by atoms with van der Waals surface area (Å²) in [5.74, 6) is 0. The van der Waals surface area contributed by atoms with Crippen LogP contribution in [0.15, 0.2) is 0 Å². The molecule has 1 atom stereocenters. The van der Waals surface area contributed by atoms with Crippen LogP contribution < -0.4 is 5.32 Å². The number of morpholine rings is 1. The van der Waals surface area contributed by atoms with Gasteiger partial charge in [0.25, 0.3) is 0 Å². The Morgan fingerprint density at radius 1 is 1.28 bits per heavy atom. The topological polar surface area (TPSA) is 44.7 Å². The fourth-order valence-electron chi connectivity index (χ4n) is 2.49. The van der Waals surface area contributed by atoms with Gasteiger partial charge in [0.15, 0.2) is 0 Å². The summed E-state index contributed by atoms with van der Waals surface area (Å²) in [7, 11) is 0. The molecule has 0 aromatic heterocycles. The van der Waals surface area contributed by atoms with Crippen molar-refractivity contribution in [2.45, 2.75) is 45.1 Å². The summed E-state index contributed by atoms with van der Waals surface area (Å²) >= 11 is 0. The maximum atomic E-state index is 9.64. The van der Waals surface area contributed by atoms with Crippen LogP contribution in [-0.4, -0.2) is 61.5 Å². The van der Waals surface area contributed by atoms with Gasteiger partial charge in [-0.1, -0.05) is 13.8 Å². The molecule has 0 saturated carbocycles. The quantitative estimate of drug-likeness (QED) is 0.653. The second-order valence-electron chi connectivity index (χ2n) is 5.28.